The van der Waals surface area contributed by atoms with Gasteiger partial charge in [0, 0.05) is 78.0 Å². The number of nitrogens with one attached hydrogen (secondary N) is 1. The summed E-state index contributed by atoms with van der Waals surface area (Å²) in [7, 11) is 0. The van der Waals surface area contributed by atoms with Crippen molar-refractivity contribution in [2.75, 3.05) is 85.1 Å². The molecule has 4 fully saturated rings. The number of piperazine rings is 4. The second-order valence-corrected chi connectivity index (χ2v) is 8.18. The molecule has 7 nitrogen and oxygen atoms in total. The highest BCUT2D eigenvalue weighted by molar-refractivity contribution is 14.0. The van der Waals surface area contributed by atoms with Gasteiger partial charge < -0.3 is 15.0 Å². The van der Waals surface area contributed by atoms with E-state index in [9.17, 15) is 0 Å². The number of nitrogens with zero attached hydrogens (tertiary/aromatic N) is 5. The molecule has 5 rings (SSSR count). The van der Waals surface area contributed by atoms with E-state index in [-0.39, 0.29) is 24.0 Å². The molecule has 0 saturated carbocycles. The zero-order valence-electron chi connectivity index (χ0n) is 18.2. The minimum Gasteiger partial charge on any atom is -0.492 e. The second-order valence-electron chi connectivity index (χ2n) is 8.18. The molecule has 4 saturated heterocycles. The van der Waals surface area contributed by atoms with Gasteiger partial charge in [0.15, 0.2) is 5.96 Å². The molecule has 1 aromatic carbocycles. The Bertz CT molecular complexity index is 644. The number of fused-ring (bicyclic) bond motifs is 3. The van der Waals surface area contributed by atoms with Crippen molar-refractivity contribution in [3.63, 3.8) is 0 Å². The molecule has 1 atom stereocenters. The van der Waals surface area contributed by atoms with Crippen molar-refractivity contribution in [3.8, 4) is 5.75 Å². The van der Waals surface area contributed by atoms with Gasteiger partial charge in [0.25, 0.3) is 0 Å². The van der Waals surface area contributed by atoms with Crippen molar-refractivity contribution in [1.82, 2.24) is 24.9 Å². The first-order chi connectivity index (χ1) is 14.3. The number of halogens is 1. The Morgan fingerprint density at radius 1 is 1.03 bits per heavy atom. The van der Waals surface area contributed by atoms with Gasteiger partial charge in [-0.2, -0.15) is 0 Å². The highest BCUT2D eigenvalue weighted by atomic mass is 127. The van der Waals surface area contributed by atoms with E-state index in [4.69, 9.17) is 9.73 Å². The SMILES string of the molecule is CCNC(=NCC1CN2CCN1CC2)N1CCN(CCOc2ccccc2)CC1.I. The molecule has 2 bridgehead atoms. The summed E-state index contributed by atoms with van der Waals surface area (Å²) in [5.74, 6) is 2.04. The minimum absolute atomic E-state index is 0. The molecule has 1 N–H and O–H groups in total. The van der Waals surface area contributed by atoms with E-state index in [0.717, 1.165) is 64.1 Å². The summed E-state index contributed by atoms with van der Waals surface area (Å²) in [4.78, 5) is 15.1. The lowest BCUT2D eigenvalue weighted by Crippen LogP contribution is -2.62. The summed E-state index contributed by atoms with van der Waals surface area (Å²) >= 11 is 0. The largest absolute Gasteiger partial charge is 0.492 e. The third-order valence-corrected chi connectivity index (χ3v) is 6.27. The number of hydrogen-bond donors (Lipinski definition) is 1. The molecule has 4 aliphatic heterocycles. The molecule has 0 aromatic heterocycles. The molecular formula is C22H37IN6O. The summed E-state index contributed by atoms with van der Waals surface area (Å²) in [6.45, 7) is 15.9. The van der Waals surface area contributed by atoms with Crippen LogP contribution in [0.5, 0.6) is 5.75 Å². The predicted octanol–water partition coefficient (Wildman–Crippen LogP) is 1.27. The van der Waals surface area contributed by atoms with Gasteiger partial charge in [-0.15, -0.1) is 24.0 Å². The lowest BCUT2D eigenvalue weighted by molar-refractivity contribution is 0.0173. The van der Waals surface area contributed by atoms with E-state index < -0.39 is 0 Å². The van der Waals surface area contributed by atoms with Crippen LogP contribution in [0.15, 0.2) is 35.3 Å². The smallest absolute Gasteiger partial charge is 0.194 e. The van der Waals surface area contributed by atoms with Crippen LogP contribution in [-0.4, -0.2) is 117 Å². The van der Waals surface area contributed by atoms with E-state index >= 15 is 0 Å². The van der Waals surface area contributed by atoms with E-state index in [1.54, 1.807) is 0 Å². The van der Waals surface area contributed by atoms with Crippen molar-refractivity contribution < 1.29 is 4.74 Å². The summed E-state index contributed by atoms with van der Waals surface area (Å²) < 4.78 is 5.85. The normalized spacial score (nSPS) is 26.9. The van der Waals surface area contributed by atoms with Crippen LogP contribution in [0, 0.1) is 0 Å². The summed E-state index contributed by atoms with van der Waals surface area (Å²) in [5.41, 5.74) is 0. The molecule has 30 heavy (non-hydrogen) atoms. The predicted molar refractivity (Wildman–Crippen MR) is 133 cm³/mol. The van der Waals surface area contributed by atoms with Gasteiger partial charge in [0.1, 0.15) is 12.4 Å². The molecule has 0 amide bonds. The average molecular weight is 528 g/mol. The Kier molecular flexibility index (Phi) is 9.48. The molecule has 0 aliphatic carbocycles. The van der Waals surface area contributed by atoms with Gasteiger partial charge >= 0.3 is 0 Å². The molecule has 1 aromatic rings. The maximum absolute atomic E-state index is 5.85. The Morgan fingerprint density at radius 2 is 1.77 bits per heavy atom. The number of guanidine groups is 1. The third-order valence-electron chi connectivity index (χ3n) is 6.27. The fourth-order valence-corrected chi connectivity index (χ4v) is 4.51. The standard InChI is InChI=1S/C22H36N6O.HI/c1-2-23-22(24-18-20-19-26-10-12-27(20)13-11-26)28-14-8-25(9-15-28)16-17-29-21-6-4-3-5-7-21;/h3-7,20H,2,8-19H2,1H3,(H,23,24);1H. The molecule has 4 heterocycles. The molecule has 0 radical (unpaired) electrons. The lowest BCUT2D eigenvalue weighted by Gasteiger charge is -2.47. The monoisotopic (exact) mass is 528 g/mol. The second kappa shape index (κ2) is 12.1. The number of aliphatic imine (C=N–C) groups is 1. The molecule has 0 spiro atoms. The van der Waals surface area contributed by atoms with Crippen LogP contribution in [0.25, 0.3) is 0 Å². The van der Waals surface area contributed by atoms with Crippen LogP contribution < -0.4 is 10.1 Å². The van der Waals surface area contributed by atoms with Crippen LogP contribution in [-0.2, 0) is 0 Å². The first kappa shape index (κ1) is 23.6. The van der Waals surface area contributed by atoms with Gasteiger partial charge in [-0.05, 0) is 19.1 Å². The van der Waals surface area contributed by atoms with Gasteiger partial charge in [-0.3, -0.25) is 19.7 Å². The van der Waals surface area contributed by atoms with Gasteiger partial charge in [0.05, 0.1) is 6.54 Å². The average Bonchev–Trinajstić information content (AvgIpc) is 2.79. The number of para-hydroxylation sites is 1. The maximum atomic E-state index is 5.85. The van der Waals surface area contributed by atoms with E-state index in [1.807, 2.05) is 30.3 Å². The molecular weight excluding hydrogens is 491 g/mol. The van der Waals surface area contributed by atoms with Crippen molar-refractivity contribution >= 4 is 29.9 Å². The highest BCUT2D eigenvalue weighted by Gasteiger charge is 2.31. The minimum atomic E-state index is 0. The molecule has 1 unspecified atom stereocenters. The quantitative estimate of drug-likeness (QED) is 0.327. The summed E-state index contributed by atoms with van der Waals surface area (Å²) in [5, 5.41) is 3.52. The Morgan fingerprint density at radius 3 is 2.40 bits per heavy atom. The lowest BCUT2D eigenvalue weighted by atomic mass is 10.1. The zero-order valence-corrected chi connectivity index (χ0v) is 20.5. The maximum Gasteiger partial charge on any atom is 0.194 e. The number of hydrogen-bond acceptors (Lipinski definition) is 5. The third kappa shape index (κ3) is 6.45. The Balaban J connectivity index is 0.00000256. The fraction of sp³-hybridized carbons (Fsp3) is 0.682. The van der Waals surface area contributed by atoms with Crippen molar-refractivity contribution in [3.05, 3.63) is 30.3 Å². The summed E-state index contributed by atoms with van der Waals surface area (Å²) in [6.07, 6.45) is 0. The van der Waals surface area contributed by atoms with Gasteiger partial charge in [-0.1, -0.05) is 18.2 Å². The number of ether oxygens (including phenoxy) is 1. The van der Waals surface area contributed by atoms with Crippen molar-refractivity contribution in [2.45, 2.75) is 13.0 Å². The van der Waals surface area contributed by atoms with E-state index in [0.29, 0.717) is 6.04 Å². The fourth-order valence-electron chi connectivity index (χ4n) is 4.51. The van der Waals surface area contributed by atoms with Gasteiger partial charge in [-0.25, -0.2) is 0 Å². The highest BCUT2D eigenvalue weighted by Crippen LogP contribution is 2.16. The van der Waals surface area contributed by atoms with Crippen molar-refractivity contribution in [2.24, 2.45) is 4.99 Å². The Labute approximate surface area is 198 Å². The summed E-state index contributed by atoms with van der Waals surface area (Å²) in [6, 6.07) is 10.7. The van der Waals surface area contributed by atoms with Crippen LogP contribution >= 0.6 is 24.0 Å². The van der Waals surface area contributed by atoms with Crippen LogP contribution in [0.3, 0.4) is 0 Å². The van der Waals surface area contributed by atoms with Crippen molar-refractivity contribution in [1.29, 1.82) is 0 Å². The molecule has 8 heteroatoms. The first-order valence-corrected chi connectivity index (χ1v) is 11.2. The van der Waals surface area contributed by atoms with Gasteiger partial charge in [0.2, 0.25) is 0 Å². The number of rotatable bonds is 7. The van der Waals surface area contributed by atoms with Crippen LogP contribution in [0.2, 0.25) is 0 Å². The Hall–Kier alpha value is -1.10. The van der Waals surface area contributed by atoms with Crippen LogP contribution in [0.1, 0.15) is 6.92 Å². The molecule has 168 valence electrons. The van der Waals surface area contributed by atoms with E-state index in [1.165, 1.54) is 32.7 Å². The molecule has 4 aliphatic rings. The van der Waals surface area contributed by atoms with E-state index in [2.05, 4.69) is 31.8 Å². The topological polar surface area (TPSA) is 46.6 Å². The number of benzene rings is 1. The van der Waals surface area contributed by atoms with Crippen LogP contribution in [0.4, 0.5) is 0 Å². The zero-order chi connectivity index (χ0) is 19.9. The first-order valence-electron chi connectivity index (χ1n) is 11.2.